The Kier molecular flexibility index (Phi) is 7.50. The number of carbonyl (C=O) groups excluding carboxylic acids is 3. The number of hydrogen-bond donors (Lipinski definition) is 0. The van der Waals surface area contributed by atoms with E-state index in [1.807, 2.05) is 30.3 Å². The van der Waals surface area contributed by atoms with E-state index in [1.54, 1.807) is 7.05 Å². The second-order valence-electron chi connectivity index (χ2n) is 17.4. The van der Waals surface area contributed by atoms with E-state index in [2.05, 4.69) is 54.5 Å². The number of nitrogens with zero attached hydrogens (tertiary/aromatic N) is 1. The number of fused-ring (bicyclic) bond motifs is 7. The predicted molar refractivity (Wildman–Crippen MR) is 175 cm³/mol. The van der Waals surface area contributed by atoms with Gasteiger partial charge in [0.25, 0.3) is 5.91 Å². The molecule has 0 radical (unpaired) electrons. The molecule has 6 rings (SSSR count). The summed E-state index contributed by atoms with van der Waals surface area (Å²) in [5.41, 5.74) is 0.153. The van der Waals surface area contributed by atoms with Crippen LogP contribution in [0, 0.1) is 50.2 Å². The van der Waals surface area contributed by atoms with Crippen LogP contribution in [0.2, 0.25) is 0 Å². The monoisotopic (exact) mass is 617 g/mol. The van der Waals surface area contributed by atoms with Crippen LogP contribution in [0.3, 0.4) is 0 Å². The third kappa shape index (κ3) is 4.65. The number of ether oxygens (including phenoxy) is 1. The van der Waals surface area contributed by atoms with Gasteiger partial charge in [0.05, 0.1) is 5.41 Å². The van der Waals surface area contributed by atoms with Gasteiger partial charge < -0.3 is 9.57 Å². The summed E-state index contributed by atoms with van der Waals surface area (Å²) in [4.78, 5) is 46.7. The largest absolute Gasteiger partial charge is 0.462 e. The average Bonchev–Trinajstić information content (AvgIpc) is 2.96. The lowest BCUT2D eigenvalue weighted by molar-refractivity contribution is -0.210. The second-order valence-corrected chi connectivity index (χ2v) is 17.4. The van der Waals surface area contributed by atoms with Crippen molar-refractivity contribution in [1.82, 2.24) is 5.06 Å². The van der Waals surface area contributed by atoms with E-state index in [0.29, 0.717) is 11.7 Å². The Morgan fingerprint density at radius 3 is 2.20 bits per heavy atom. The fraction of sp³-hybridized carbons (Fsp3) is 0.718. The Morgan fingerprint density at radius 2 is 1.53 bits per heavy atom. The van der Waals surface area contributed by atoms with Crippen molar-refractivity contribution < 1.29 is 24.0 Å². The minimum Gasteiger partial charge on any atom is -0.462 e. The summed E-state index contributed by atoms with van der Waals surface area (Å²) in [7, 11) is 1.73. The minimum atomic E-state index is -0.573. The lowest BCUT2D eigenvalue weighted by Gasteiger charge is -2.70. The fourth-order valence-electron chi connectivity index (χ4n) is 11.8. The molecule has 246 valence electrons. The summed E-state index contributed by atoms with van der Waals surface area (Å²) >= 11 is 0. The molecule has 0 spiro atoms. The van der Waals surface area contributed by atoms with Gasteiger partial charge in [0.1, 0.15) is 6.10 Å². The van der Waals surface area contributed by atoms with E-state index in [0.717, 1.165) is 57.8 Å². The number of para-hydroxylation sites is 1. The highest BCUT2D eigenvalue weighted by molar-refractivity contribution is 5.95. The van der Waals surface area contributed by atoms with Crippen LogP contribution in [0.5, 0.6) is 5.75 Å². The summed E-state index contributed by atoms with van der Waals surface area (Å²) in [5, 5.41) is 1.42. The van der Waals surface area contributed by atoms with Crippen molar-refractivity contribution >= 4 is 17.7 Å². The van der Waals surface area contributed by atoms with Crippen LogP contribution >= 0.6 is 0 Å². The quantitative estimate of drug-likeness (QED) is 0.251. The standard InChI is InChI=1S/C39H55NO5/c1-25(41)44-31-16-17-37(6)30(34(31,2)3)15-18-39(8)32(37)29(42)23-27-28-24-36(5,20-19-35(28,4)21-22-38(27,39)7)33(43)40(9)45-26-13-11-10-12-14-26/h10-14,23,28,30-32H,15-22,24H2,1-9H3/t28-,30?,31-,32+,35+,36-,37-,38+,39+/m0/s1. The van der Waals surface area contributed by atoms with Crippen molar-refractivity contribution in [2.75, 3.05) is 7.05 Å². The van der Waals surface area contributed by atoms with Gasteiger partial charge >= 0.3 is 5.97 Å². The minimum absolute atomic E-state index is 0.00675. The van der Waals surface area contributed by atoms with E-state index in [4.69, 9.17) is 9.57 Å². The molecule has 6 heteroatoms. The van der Waals surface area contributed by atoms with Gasteiger partial charge in [-0.05, 0) is 109 Å². The van der Waals surface area contributed by atoms with E-state index >= 15 is 0 Å². The molecule has 4 saturated carbocycles. The molecular formula is C39H55NO5. The summed E-state index contributed by atoms with van der Waals surface area (Å²) in [6.07, 6.45) is 10.4. The SMILES string of the molecule is CC(=O)O[C@H]1CC[C@@]2(C)C(CC[C@]3(C)[C@@H]2C(=O)C=C2[C@@H]4C[C@@](C)(C(=O)N(C)Oc5ccccc5)CC[C@]4(C)CC[C@]23C)C1(C)C. The van der Waals surface area contributed by atoms with Gasteiger partial charge in [-0.3, -0.25) is 14.4 Å². The van der Waals surface area contributed by atoms with Crippen molar-refractivity contribution in [3.8, 4) is 5.75 Å². The number of amides is 1. The molecule has 1 amide bonds. The maximum Gasteiger partial charge on any atom is 0.302 e. The first-order valence-corrected chi connectivity index (χ1v) is 17.4. The molecule has 9 atom stereocenters. The second kappa shape index (κ2) is 10.4. The van der Waals surface area contributed by atoms with Crippen molar-refractivity contribution in [1.29, 1.82) is 0 Å². The first kappa shape index (κ1) is 32.3. The van der Waals surface area contributed by atoms with E-state index in [-0.39, 0.29) is 62.7 Å². The third-order valence-electron chi connectivity index (χ3n) is 14.6. The van der Waals surface area contributed by atoms with Gasteiger partial charge in [0.15, 0.2) is 11.5 Å². The molecule has 0 heterocycles. The zero-order chi connectivity index (χ0) is 32.8. The summed E-state index contributed by atoms with van der Waals surface area (Å²) < 4.78 is 5.88. The summed E-state index contributed by atoms with van der Waals surface area (Å²) in [6.45, 7) is 17.8. The van der Waals surface area contributed by atoms with Gasteiger partial charge in [-0.2, -0.15) is 5.06 Å². The van der Waals surface area contributed by atoms with Crippen molar-refractivity contribution in [2.24, 2.45) is 50.2 Å². The Morgan fingerprint density at radius 1 is 0.867 bits per heavy atom. The number of hydrogen-bond acceptors (Lipinski definition) is 5. The fourth-order valence-corrected chi connectivity index (χ4v) is 11.8. The highest BCUT2D eigenvalue weighted by Crippen LogP contribution is 2.75. The highest BCUT2D eigenvalue weighted by atomic mass is 16.7. The predicted octanol–water partition coefficient (Wildman–Crippen LogP) is 8.35. The molecule has 45 heavy (non-hydrogen) atoms. The molecule has 1 aromatic rings. The number of benzene rings is 1. The molecule has 1 aromatic carbocycles. The van der Waals surface area contributed by atoms with Crippen LogP contribution < -0.4 is 4.84 Å². The first-order chi connectivity index (χ1) is 20.9. The number of rotatable bonds is 4. The van der Waals surface area contributed by atoms with Crippen LogP contribution in [0.25, 0.3) is 0 Å². The van der Waals surface area contributed by atoms with Crippen molar-refractivity contribution in [2.45, 2.75) is 119 Å². The van der Waals surface area contributed by atoms with E-state index in [9.17, 15) is 14.4 Å². The third-order valence-corrected chi connectivity index (χ3v) is 14.6. The molecule has 0 aromatic heterocycles. The molecule has 0 saturated heterocycles. The Balaban J connectivity index is 1.33. The summed E-state index contributed by atoms with van der Waals surface area (Å²) in [6, 6.07) is 9.48. The number of ketones is 1. The highest BCUT2D eigenvalue weighted by Gasteiger charge is 2.70. The number of allylic oxidation sites excluding steroid dienone is 2. The van der Waals surface area contributed by atoms with Crippen LogP contribution in [0.15, 0.2) is 42.0 Å². The Bertz CT molecular complexity index is 1420. The van der Waals surface area contributed by atoms with Crippen molar-refractivity contribution in [3.63, 3.8) is 0 Å². The van der Waals surface area contributed by atoms with Gasteiger partial charge in [-0.25, -0.2) is 0 Å². The van der Waals surface area contributed by atoms with E-state index in [1.165, 1.54) is 17.6 Å². The van der Waals surface area contributed by atoms with Crippen LogP contribution in [-0.2, 0) is 19.1 Å². The van der Waals surface area contributed by atoms with E-state index < -0.39 is 5.41 Å². The Labute approximate surface area is 270 Å². The maximum absolute atomic E-state index is 14.7. The van der Waals surface area contributed by atoms with Crippen LogP contribution in [0.1, 0.15) is 113 Å². The van der Waals surface area contributed by atoms with Crippen LogP contribution in [-0.4, -0.2) is 35.9 Å². The molecule has 0 bridgehead atoms. The lowest BCUT2D eigenvalue weighted by Crippen LogP contribution is -2.66. The first-order valence-electron chi connectivity index (χ1n) is 17.4. The average molecular weight is 618 g/mol. The zero-order valence-corrected chi connectivity index (χ0v) is 29.1. The molecule has 5 aliphatic carbocycles. The molecular weight excluding hydrogens is 562 g/mol. The molecule has 1 unspecified atom stereocenters. The Hall–Kier alpha value is -2.63. The number of carbonyl (C=O) groups is 3. The van der Waals surface area contributed by atoms with Gasteiger partial charge in [-0.15, -0.1) is 0 Å². The smallest absolute Gasteiger partial charge is 0.302 e. The molecule has 4 fully saturated rings. The molecule has 6 nitrogen and oxygen atoms in total. The normalized spacial score (nSPS) is 43.4. The van der Waals surface area contributed by atoms with Gasteiger partial charge in [-0.1, -0.05) is 72.2 Å². The van der Waals surface area contributed by atoms with Crippen LogP contribution in [0.4, 0.5) is 0 Å². The zero-order valence-electron chi connectivity index (χ0n) is 29.1. The number of esters is 1. The molecule has 5 aliphatic rings. The lowest BCUT2D eigenvalue weighted by atomic mass is 9.33. The maximum atomic E-state index is 14.7. The molecule has 0 aliphatic heterocycles. The van der Waals surface area contributed by atoms with Crippen molar-refractivity contribution in [3.05, 3.63) is 42.0 Å². The summed E-state index contributed by atoms with van der Waals surface area (Å²) in [5.74, 6) is 1.13. The number of hydroxylamine groups is 2. The van der Waals surface area contributed by atoms with Gasteiger partial charge in [0.2, 0.25) is 0 Å². The topological polar surface area (TPSA) is 72.9 Å². The van der Waals surface area contributed by atoms with Gasteiger partial charge in [0, 0.05) is 25.3 Å². The molecule has 0 N–H and O–H groups in total.